The molecule has 4 rings (SSSR count). The van der Waals surface area contributed by atoms with Crippen LogP contribution in [0.3, 0.4) is 0 Å². The molecule has 0 spiro atoms. The zero-order valence-electron chi connectivity index (χ0n) is 11.4. The summed E-state index contributed by atoms with van der Waals surface area (Å²) in [5, 5.41) is 6.77. The second-order valence-electron chi connectivity index (χ2n) is 4.74. The average Bonchev–Trinajstić information content (AvgIpc) is 3.15. The van der Waals surface area contributed by atoms with Crippen molar-refractivity contribution in [3.63, 3.8) is 0 Å². The van der Waals surface area contributed by atoms with Crippen molar-refractivity contribution in [3.05, 3.63) is 52.9 Å². The van der Waals surface area contributed by atoms with Gasteiger partial charge in [0, 0.05) is 21.7 Å². The number of halogens is 1. The summed E-state index contributed by atoms with van der Waals surface area (Å²) in [6.45, 7) is 0.275. The lowest BCUT2D eigenvalue weighted by Gasteiger charge is -2.02. The minimum Gasteiger partial charge on any atom is -0.454 e. The molecule has 0 bridgehead atoms. The molecule has 1 aromatic heterocycles. The van der Waals surface area contributed by atoms with Gasteiger partial charge < -0.3 is 14.8 Å². The maximum absolute atomic E-state index is 5.98. The smallest absolute Gasteiger partial charge is 0.231 e. The third kappa shape index (κ3) is 2.61. The van der Waals surface area contributed by atoms with Crippen LogP contribution in [-0.2, 0) is 0 Å². The topological polar surface area (TPSA) is 43.4 Å². The molecular formula is C16H11ClN2O2S. The summed E-state index contributed by atoms with van der Waals surface area (Å²) in [5.41, 5.74) is 2.81. The fraction of sp³-hybridized carbons (Fsp3) is 0.0625. The van der Waals surface area contributed by atoms with Gasteiger partial charge in [-0.2, -0.15) is 0 Å². The van der Waals surface area contributed by atoms with E-state index in [4.69, 9.17) is 21.1 Å². The Hall–Kier alpha value is -2.24. The second kappa shape index (κ2) is 5.51. The molecule has 1 aliphatic heterocycles. The Morgan fingerprint density at radius 1 is 1.09 bits per heavy atom. The average molecular weight is 331 g/mol. The van der Waals surface area contributed by atoms with E-state index in [-0.39, 0.29) is 6.79 Å². The van der Waals surface area contributed by atoms with E-state index in [9.17, 15) is 0 Å². The van der Waals surface area contributed by atoms with Crippen LogP contribution in [0.1, 0.15) is 0 Å². The van der Waals surface area contributed by atoms with E-state index in [0.717, 1.165) is 33.6 Å². The number of rotatable bonds is 3. The van der Waals surface area contributed by atoms with Gasteiger partial charge in [0.1, 0.15) is 0 Å². The Kier molecular flexibility index (Phi) is 3.36. The van der Waals surface area contributed by atoms with Gasteiger partial charge in [0.05, 0.1) is 5.69 Å². The quantitative estimate of drug-likeness (QED) is 0.739. The summed E-state index contributed by atoms with van der Waals surface area (Å²) >= 11 is 7.52. The number of aromatic nitrogens is 1. The lowest BCUT2D eigenvalue weighted by atomic mass is 10.1. The van der Waals surface area contributed by atoms with Crippen molar-refractivity contribution in [3.8, 4) is 22.8 Å². The molecule has 110 valence electrons. The first-order valence-corrected chi connectivity index (χ1v) is 7.92. The Morgan fingerprint density at radius 3 is 2.91 bits per heavy atom. The minimum atomic E-state index is 0.275. The fourth-order valence-corrected chi connectivity index (χ4v) is 3.14. The van der Waals surface area contributed by atoms with Gasteiger partial charge in [-0.1, -0.05) is 17.7 Å². The van der Waals surface area contributed by atoms with Crippen molar-refractivity contribution in [1.29, 1.82) is 0 Å². The Morgan fingerprint density at radius 2 is 2.00 bits per heavy atom. The zero-order chi connectivity index (χ0) is 14.9. The molecule has 0 saturated heterocycles. The van der Waals surface area contributed by atoms with Crippen LogP contribution in [-0.4, -0.2) is 11.8 Å². The van der Waals surface area contributed by atoms with Gasteiger partial charge in [-0.3, -0.25) is 0 Å². The van der Waals surface area contributed by atoms with Crippen LogP contribution >= 0.6 is 22.9 Å². The van der Waals surface area contributed by atoms with E-state index in [2.05, 4.69) is 10.3 Å². The maximum atomic E-state index is 5.98. The zero-order valence-corrected chi connectivity index (χ0v) is 12.9. The molecule has 22 heavy (non-hydrogen) atoms. The molecule has 4 nitrogen and oxygen atoms in total. The highest BCUT2D eigenvalue weighted by Crippen LogP contribution is 2.36. The van der Waals surface area contributed by atoms with Gasteiger partial charge in [0.2, 0.25) is 6.79 Å². The standard InChI is InChI=1S/C16H11ClN2O2S/c17-11-2-1-3-12(7-11)18-16-19-13(8-22-16)10-4-5-14-15(6-10)21-9-20-14/h1-8H,9H2,(H,18,19). The Balaban J connectivity index is 1.59. The lowest BCUT2D eigenvalue weighted by Crippen LogP contribution is -1.92. The van der Waals surface area contributed by atoms with Crippen LogP contribution in [0.15, 0.2) is 47.8 Å². The van der Waals surface area contributed by atoms with Gasteiger partial charge in [0.25, 0.3) is 0 Å². The van der Waals surface area contributed by atoms with Crippen molar-refractivity contribution >= 4 is 33.8 Å². The van der Waals surface area contributed by atoms with Gasteiger partial charge >= 0.3 is 0 Å². The van der Waals surface area contributed by atoms with Crippen LogP contribution in [0.5, 0.6) is 11.5 Å². The van der Waals surface area contributed by atoms with Crippen molar-refractivity contribution in [2.45, 2.75) is 0 Å². The summed E-state index contributed by atoms with van der Waals surface area (Å²) in [5.74, 6) is 1.53. The molecule has 1 N–H and O–H groups in total. The minimum absolute atomic E-state index is 0.275. The molecule has 0 aliphatic carbocycles. The number of benzene rings is 2. The molecule has 3 aromatic rings. The van der Waals surface area contributed by atoms with Crippen molar-refractivity contribution < 1.29 is 9.47 Å². The third-order valence-corrected chi connectivity index (χ3v) is 4.24. The van der Waals surface area contributed by atoms with E-state index >= 15 is 0 Å². The number of fused-ring (bicyclic) bond motifs is 1. The first-order chi connectivity index (χ1) is 10.8. The van der Waals surface area contributed by atoms with E-state index in [1.807, 2.05) is 47.8 Å². The molecule has 0 unspecified atom stereocenters. The number of thiazole rings is 1. The summed E-state index contributed by atoms with van der Waals surface area (Å²) < 4.78 is 10.7. The third-order valence-electron chi connectivity index (χ3n) is 3.25. The van der Waals surface area contributed by atoms with Crippen LogP contribution in [0.4, 0.5) is 10.8 Å². The van der Waals surface area contributed by atoms with Crippen molar-refractivity contribution in [2.24, 2.45) is 0 Å². The van der Waals surface area contributed by atoms with Gasteiger partial charge in [-0.05, 0) is 36.4 Å². The molecular weight excluding hydrogens is 320 g/mol. The normalized spacial score (nSPS) is 12.4. The van der Waals surface area contributed by atoms with Gasteiger partial charge in [-0.15, -0.1) is 11.3 Å². The molecule has 1 aliphatic rings. The lowest BCUT2D eigenvalue weighted by molar-refractivity contribution is 0.174. The van der Waals surface area contributed by atoms with Crippen LogP contribution < -0.4 is 14.8 Å². The highest BCUT2D eigenvalue weighted by Gasteiger charge is 2.15. The summed E-state index contributed by atoms with van der Waals surface area (Å²) in [6, 6.07) is 13.4. The molecule has 0 fully saturated rings. The first kappa shape index (κ1) is 13.4. The Bertz CT molecular complexity index is 835. The summed E-state index contributed by atoms with van der Waals surface area (Å²) in [6.07, 6.45) is 0. The SMILES string of the molecule is Clc1cccc(Nc2nc(-c3ccc4c(c3)OCO4)cs2)c1. The number of nitrogens with zero attached hydrogens (tertiary/aromatic N) is 1. The second-order valence-corrected chi connectivity index (χ2v) is 6.04. The van der Waals surface area contributed by atoms with Crippen LogP contribution in [0.2, 0.25) is 5.02 Å². The number of hydrogen-bond acceptors (Lipinski definition) is 5. The summed E-state index contributed by atoms with van der Waals surface area (Å²) in [7, 11) is 0. The van der Waals surface area contributed by atoms with Crippen LogP contribution in [0.25, 0.3) is 11.3 Å². The number of nitrogens with one attached hydrogen (secondary N) is 1. The fourth-order valence-electron chi connectivity index (χ4n) is 2.21. The van der Waals surface area contributed by atoms with Gasteiger partial charge in [-0.25, -0.2) is 4.98 Å². The monoisotopic (exact) mass is 330 g/mol. The van der Waals surface area contributed by atoms with Crippen LogP contribution in [0, 0.1) is 0 Å². The van der Waals surface area contributed by atoms with E-state index in [0.29, 0.717) is 5.02 Å². The summed E-state index contributed by atoms with van der Waals surface area (Å²) in [4.78, 5) is 4.60. The molecule has 0 radical (unpaired) electrons. The highest BCUT2D eigenvalue weighted by molar-refractivity contribution is 7.14. The van der Waals surface area contributed by atoms with Gasteiger partial charge in [0.15, 0.2) is 16.6 Å². The number of ether oxygens (including phenoxy) is 2. The number of anilines is 2. The van der Waals surface area contributed by atoms with Crippen molar-refractivity contribution in [2.75, 3.05) is 12.1 Å². The predicted molar refractivity (Wildman–Crippen MR) is 88.4 cm³/mol. The predicted octanol–water partition coefficient (Wildman–Crippen LogP) is 4.94. The maximum Gasteiger partial charge on any atom is 0.231 e. The molecule has 2 aromatic carbocycles. The van der Waals surface area contributed by atoms with E-state index in [1.54, 1.807) is 11.3 Å². The first-order valence-electron chi connectivity index (χ1n) is 6.66. The molecule has 0 amide bonds. The highest BCUT2D eigenvalue weighted by atomic mass is 35.5. The molecule has 0 atom stereocenters. The molecule has 6 heteroatoms. The number of hydrogen-bond donors (Lipinski definition) is 1. The molecule has 2 heterocycles. The van der Waals surface area contributed by atoms with E-state index < -0.39 is 0 Å². The van der Waals surface area contributed by atoms with Crippen molar-refractivity contribution in [1.82, 2.24) is 4.98 Å². The van der Waals surface area contributed by atoms with E-state index in [1.165, 1.54) is 0 Å². The largest absolute Gasteiger partial charge is 0.454 e. The Labute approximate surface area is 136 Å². The molecule has 0 saturated carbocycles.